The molecule has 0 spiro atoms. The van der Waals surface area contributed by atoms with Gasteiger partial charge in [-0.05, 0) is 22.5 Å². The summed E-state index contributed by atoms with van der Waals surface area (Å²) in [6.07, 6.45) is 0. The number of nitrogens with one attached hydrogen (secondary N) is 1. The Morgan fingerprint density at radius 2 is 1.78 bits per heavy atom. The van der Waals surface area contributed by atoms with Crippen molar-refractivity contribution in [2.45, 2.75) is 58.4 Å². The topological polar surface area (TPSA) is 72.9 Å². The van der Waals surface area contributed by atoms with Crippen LogP contribution in [0.4, 0.5) is 4.79 Å². The predicted molar refractivity (Wildman–Crippen MR) is 105 cm³/mol. The molecule has 1 atom stereocenters. The second kappa shape index (κ2) is 6.43. The molecule has 0 unspecified atom stereocenters. The second-order valence-corrected chi connectivity index (χ2v) is 9.70. The smallest absolute Gasteiger partial charge is 0.317 e. The van der Waals surface area contributed by atoms with Gasteiger partial charge in [0.25, 0.3) is 5.91 Å². The molecule has 2 aliphatic heterocycles. The first-order valence-corrected chi connectivity index (χ1v) is 9.61. The van der Waals surface area contributed by atoms with Gasteiger partial charge in [-0.25, -0.2) is 4.79 Å². The third kappa shape index (κ3) is 3.62. The predicted octanol–water partition coefficient (Wildman–Crippen LogP) is 2.84. The van der Waals surface area contributed by atoms with E-state index in [2.05, 4.69) is 26.1 Å². The molecule has 27 heavy (non-hydrogen) atoms. The molecular formula is C21H31N3O3. The van der Waals surface area contributed by atoms with Gasteiger partial charge in [-0.2, -0.15) is 0 Å². The van der Waals surface area contributed by atoms with Crippen LogP contribution in [0.15, 0.2) is 12.1 Å². The Morgan fingerprint density at radius 3 is 2.37 bits per heavy atom. The maximum atomic E-state index is 13.3. The van der Waals surface area contributed by atoms with Crippen LogP contribution in [0.3, 0.4) is 0 Å². The van der Waals surface area contributed by atoms with Crippen LogP contribution in [0.25, 0.3) is 0 Å². The van der Waals surface area contributed by atoms with Crippen LogP contribution < -0.4 is 5.32 Å². The van der Waals surface area contributed by atoms with Crippen molar-refractivity contribution in [3.63, 3.8) is 0 Å². The Morgan fingerprint density at radius 1 is 1.11 bits per heavy atom. The van der Waals surface area contributed by atoms with Crippen molar-refractivity contribution < 1.29 is 14.7 Å². The first-order chi connectivity index (χ1) is 12.4. The number of benzene rings is 1. The van der Waals surface area contributed by atoms with E-state index in [0.717, 1.165) is 11.1 Å². The number of amides is 3. The summed E-state index contributed by atoms with van der Waals surface area (Å²) in [7, 11) is 0. The number of aromatic hydroxyl groups is 1. The summed E-state index contributed by atoms with van der Waals surface area (Å²) in [6, 6.07) is 3.80. The fourth-order valence-electron chi connectivity index (χ4n) is 3.76. The number of hydrogen-bond donors (Lipinski definition) is 2. The zero-order valence-corrected chi connectivity index (χ0v) is 17.2. The second-order valence-electron chi connectivity index (χ2n) is 9.70. The molecule has 1 aromatic carbocycles. The van der Waals surface area contributed by atoms with Crippen LogP contribution in [0.5, 0.6) is 5.75 Å². The molecule has 2 saturated heterocycles. The molecule has 2 heterocycles. The fraction of sp³-hybridized carbons (Fsp3) is 0.619. The van der Waals surface area contributed by atoms with Gasteiger partial charge >= 0.3 is 6.03 Å². The standard InChI is InChI=1S/C21H31N3O3/c1-20(2,3)13-9-15(17(25)16(10-13)21(4,5)6)18(26)23-7-8-24-14(12-23)11-22-19(24)27/h9-10,14,25H,7-8,11-12H2,1-6H3,(H,22,27)/t14-/m0/s1. The lowest BCUT2D eigenvalue weighted by Gasteiger charge is -2.37. The van der Waals surface area contributed by atoms with Gasteiger partial charge in [0.2, 0.25) is 0 Å². The Hall–Kier alpha value is -2.24. The van der Waals surface area contributed by atoms with Crippen LogP contribution in [0.1, 0.15) is 63.0 Å². The molecule has 6 heteroatoms. The van der Waals surface area contributed by atoms with Crippen molar-refractivity contribution in [1.82, 2.24) is 15.1 Å². The number of urea groups is 1. The molecule has 1 aromatic rings. The van der Waals surface area contributed by atoms with E-state index in [1.807, 2.05) is 32.9 Å². The van der Waals surface area contributed by atoms with Gasteiger partial charge in [-0.15, -0.1) is 0 Å². The van der Waals surface area contributed by atoms with Gasteiger partial charge < -0.3 is 20.2 Å². The Balaban J connectivity index is 1.98. The first-order valence-electron chi connectivity index (χ1n) is 9.61. The zero-order chi connectivity index (χ0) is 20.1. The minimum Gasteiger partial charge on any atom is -0.507 e. The Labute approximate surface area is 161 Å². The third-order valence-corrected chi connectivity index (χ3v) is 5.53. The van der Waals surface area contributed by atoms with Crippen molar-refractivity contribution >= 4 is 11.9 Å². The lowest BCUT2D eigenvalue weighted by molar-refractivity contribution is 0.0613. The van der Waals surface area contributed by atoms with E-state index in [1.165, 1.54) is 0 Å². The number of nitrogens with zero attached hydrogens (tertiary/aromatic N) is 2. The normalized spacial score (nSPS) is 20.5. The summed E-state index contributed by atoms with van der Waals surface area (Å²) in [5.74, 6) is -0.0911. The Kier molecular flexibility index (Phi) is 4.65. The lowest BCUT2D eigenvalue weighted by Crippen LogP contribution is -2.53. The molecule has 0 bridgehead atoms. The van der Waals surface area contributed by atoms with Crippen LogP contribution in [-0.2, 0) is 10.8 Å². The van der Waals surface area contributed by atoms with E-state index in [1.54, 1.807) is 9.80 Å². The molecular weight excluding hydrogens is 342 g/mol. The number of phenols is 1. The molecule has 3 rings (SSSR count). The Bertz CT molecular complexity index is 774. The highest BCUT2D eigenvalue weighted by Gasteiger charge is 2.38. The fourth-order valence-corrected chi connectivity index (χ4v) is 3.76. The molecule has 0 aromatic heterocycles. The van der Waals surface area contributed by atoms with Crippen LogP contribution in [0.2, 0.25) is 0 Å². The average molecular weight is 373 g/mol. The summed E-state index contributed by atoms with van der Waals surface area (Å²) < 4.78 is 0. The molecule has 148 valence electrons. The molecule has 3 amide bonds. The van der Waals surface area contributed by atoms with E-state index in [9.17, 15) is 14.7 Å². The van der Waals surface area contributed by atoms with E-state index in [-0.39, 0.29) is 34.6 Å². The SMILES string of the molecule is CC(C)(C)c1cc(C(=O)N2CCN3C(=O)NC[C@H]3C2)c(O)c(C(C)(C)C)c1. The van der Waals surface area contributed by atoms with Crippen LogP contribution in [-0.4, -0.2) is 59.1 Å². The number of carbonyl (C=O) groups is 2. The van der Waals surface area contributed by atoms with Gasteiger partial charge in [0.05, 0.1) is 11.6 Å². The number of carbonyl (C=O) groups excluding carboxylic acids is 2. The van der Waals surface area contributed by atoms with Crippen molar-refractivity contribution in [3.05, 3.63) is 28.8 Å². The maximum Gasteiger partial charge on any atom is 0.317 e. The number of rotatable bonds is 1. The quantitative estimate of drug-likeness (QED) is 0.795. The van der Waals surface area contributed by atoms with E-state index in [0.29, 0.717) is 31.7 Å². The highest BCUT2D eigenvalue weighted by Crippen LogP contribution is 2.38. The van der Waals surface area contributed by atoms with Crippen LogP contribution in [0, 0.1) is 0 Å². The van der Waals surface area contributed by atoms with Gasteiger partial charge in [0, 0.05) is 31.7 Å². The summed E-state index contributed by atoms with van der Waals surface area (Å²) in [4.78, 5) is 28.6. The average Bonchev–Trinajstić information content (AvgIpc) is 2.93. The molecule has 6 nitrogen and oxygen atoms in total. The summed E-state index contributed by atoms with van der Waals surface area (Å²) in [5.41, 5.74) is 1.77. The minimum atomic E-state index is -0.277. The van der Waals surface area contributed by atoms with E-state index >= 15 is 0 Å². The minimum absolute atomic E-state index is 0.00484. The summed E-state index contributed by atoms with van der Waals surface area (Å²) in [5, 5.41) is 13.8. The number of fused-ring (bicyclic) bond motifs is 1. The summed E-state index contributed by atoms with van der Waals surface area (Å²) >= 11 is 0. The molecule has 2 N–H and O–H groups in total. The highest BCUT2D eigenvalue weighted by atomic mass is 16.3. The third-order valence-electron chi connectivity index (χ3n) is 5.53. The molecule has 0 radical (unpaired) electrons. The molecule has 2 aliphatic rings. The maximum absolute atomic E-state index is 13.3. The monoisotopic (exact) mass is 373 g/mol. The number of phenolic OH excluding ortho intramolecular Hbond substituents is 1. The van der Waals surface area contributed by atoms with Gasteiger partial charge in [0.15, 0.2) is 0 Å². The van der Waals surface area contributed by atoms with Crippen LogP contribution >= 0.6 is 0 Å². The lowest BCUT2D eigenvalue weighted by atomic mass is 9.78. The molecule has 0 saturated carbocycles. The van der Waals surface area contributed by atoms with E-state index < -0.39 is 0 Å². The van der Waals surface area contributed by atoms with Crippen molar-refractivity contribution in [1.29, 1.82) is 0 Å². The largest absolute Gasteiger partial charge is 0.507 e. The van der Waals surface area contributed by atoms with Gasteiger partial charge in [-0.3, -0.25) is 4.79 Å². The van der Waals surface area contributed by atoms with Crippen molar-refractivity contribution in [2.75, 3.05) is 26.2 Å². The molecule has 2 fully saturated rings. The number of hydrogen-bond acceptors (Lipinski definition) is 3. The van der Waals surface area contributed by atoms with Gasteiger partial charge in [0.1, 0.15) is 5.75 Å². The molecule has 0 aliphatic carbocycles. The first kappa shape index (κ1) is 19.5. The van der Waals surface area contributed by atoms with Gasteiger partial charge in [-0.1, -0.05) is 47.6 Å². The highest BCUT2D eigenvalue weighted by molar-refractivity contribution is 5.98. The van der Waals surface area contributed by atoms with Crippen molar-refractivity contribution in [3.8, 4) is 5.75 Å². The summed E-state index contributed by atoms with van der Waals surface area (Å²) in [6.45, 7) is 14.5. The van der Waals surface area contributed by atoms with E-state index in [4.69, 9.17) is 0 Å². The van der Waals surface area contributed by atoms with Crippen molar-refractivity contribution in [2.24, 2.45) is 0 Å². The number of piperazine rings is 1. The zero-order valence-electron chi connectivity index (χ0n) is 17.2.